The fraction of sp³-hybridized carbons (Fsp3) is 0.438. The van der Waals surface area contributed by atoms with Crippen LogP contribution in [0.25, 0.3) is 0 Å². The highest BCUT2D eigenvalue weighted by atomic mass is 79.9. The zero-order valence-electron chi connectivity index (χ0n) is 13.1. The van der Waals surface area contributed by atoms with Crippen LogP contribution >= 0.6 is 15.9 Å². The number of ether oxygens (including phenoxy) is 1. The van der Waals surface area contributed by atoms with Crippen LogP contribution in [-0.4, -0.2) is 41.2 Å². The van der Waals surface area contributed by atoms with Gasteiger partial charge in [0.25, 0.3) is 5.91 Å². The van der Waals surface area contributed by atoms with E-state index in [0.717, 1.165) is 17.3 Å². The average molecular weight is 380 g/mol. The quantitative estimate of drug-likeness (QED) is 0.818. The summed E-state index contributed by atoms with van der Waals surface area (Å²) in [6.45, 7) is 3.17. The van der Waals surface area contributed by atoms with Crippen LogP contribution in [0.1, 0.15) is 40.9 Å². The van der Waals surface area contributed by atoms with Gasteiger partial charge in [-0.15, -0.1) is 10.2 Å². The highest BCUT2D eigenvalue weighted by molar-refractivity contribution is 9.10. The van der Waals surface area contributed by atoms with Gasteiger partial charge in [-0.05, 0) is 47.0 Å². The van der Waals surface area contributed by atoms with Crippen molar-refractivity contribution < 1.29 is 13.9 Å². The number of likely N-dealkylation sites (tertiary alicyclic amines) is 1. The van der Waals surface area contributed by atoms with E-state index in [9.17, 15) is 4.79 Å². The maximum Gasteiger partial charge on any atom is 0.253 e. The van der Waals surface area contributed by atoms with E-state index in [1.807, 2.05) is 4.90 Å². The van der Waals surface area contributed by atoms with Gasteiger partial charge in [0.15, 0.2) is 0 Å². The van der Waals surface area contributed by atoms with Crippen molar-refractivity contribution in [3.8, 4) is 5.75 Å². The van der Waals surface area contributed by atoms with Gasteiger partial charge in [-0.1, -0.05) is 0 Å². The molecule has 0 unspecified atom stereocenters. The molecule has 1 aromatic carbocycles. The summed E-state index contributed by atoms with van der Waals surface area (Å²) in [7, 11) is 1.60. The maximum absolute atomic E-state index is 12.6. The van der Waals surface area contributed by atoms with Crippen molar-refractivity contribution in [2.24, 2.45) is 0 Å². The molecule has 1 aliphatic heterocycles. The first-order valence-electron chi connectivity index (χ1n) is 7.51. The van der Waals surface area contributed by atoms with Crippen LogP contribution in [0.3, 0.4) is 0 Å². The summed E-state index contributed by atoms with van der Waals surface area (Å²) in [5.41, 5.74) is 0.657. The van der Waals surface area contributed by atoms with Gasteiger partial charge < -0.3 is 14.1 Å². The minimum Gasteiger partial charge on any atom is -0.496 e. The molecule has 1 aromatic heterocycles. The van der Waals surface area contributed by atoms with E-state index in [4.69, 9.17) is 9.15 Å². The second-order valence-electron chi connectivity index (χ2n) is 5.58. The molecule has 1 saturated heterocycles. The first-order chi connectivity index (χ1) is 11.1. The Balaban J connectivity index is 1.65. The number of carbonyl (C=O) groups excluding carboxylic acids is 1. The van der Waals surface area contributed by atoms with Gasteiger partial charge in [-0.2, -0.15) is 0 Å². The lowest BCUT2D eigenvalue weighted by molar-refractivity contribution is 0.0706. The van der Waals surface area contributed by atoms with E-state index in [1.54, 1.807) is 32.2 Å². The largest absolute Gasteiger partial charge is 0.496 e. The number of carbonyl (C=O) groups is 1. The summed E-state index contributed by atoms with van der Waals surface area (Å²) in [5, 5.41) is 7.96. The normalized spacial score (nSPS) is 15.7. The van der Waals surface area contributed by atoms with Gasteiger partial charge in [0.2, 0.25) is 11.8 Å². The van der Waals surface area contributed by atoms with Crippen LogP contribution < -0.4 is 4.74 Å². The molecule has 23 heavy (non-hydrogen) atoms. The van der Waals surface area contributed by atoms with Crippen LogP contribution in [0.15, 0.2) is 27.1 Å². The Hall–Kier alpha value is -1.89. The van der Waals surface area contributed by atoms with Crippen LogP contribution in [0.4, 0.5) is 0 Å². The minimum absolute atomic E-state index is 0.0357. The Morgan fingerprint density at radius 1 is 1.35 bits per heavy atom. The number of methoxy groups -OCH3 is 1. The van der Waals surface area contributed by atoms with Crippen molar-refractivity contribution in [3.05, 3.63) is 40.0 Å². The van der Waals surface area contributed by atoms with Gasteiger partial charge in [-0.3, -0.25) is 4.79 Å². The molecule has 0 bridgehead atoms. The number of hydrogen-bond donors (Lipinski definition) is 0. The molecular formula is C16H18BrN3O3. The minimum atomic E-state index is 0.0357. The number of benzene rings is 1. The van der Waals surface area contributed by atoms with E-state index in [1.165, 1.54) is 0 Å². The summed E-state index contributed by atoms with van der Waals surface area (Å²) in [4.78, 5) is 14.5. The molecule has 2 heterocycles. The Labute approximate surface area is 143 Å². The number of amides is 1. The fourth-order valence-electron chi connectivity index (χ4n) is 2.79. The summed E-state index contributed by atoms with van der Waals surface area (Å²) in [6.07, 6.45) is 1.68. The molecule has 7 heteroatoms. The van der Waals surface area contributed by atoms with E-state index in [0.29, 0.717) is 36.2 Å². The van der Waals surface area contributed by atoms with Crippen molar-refractivity contribution in [2.45, 2.75) is 25.7 Å². The lowest BCUT2D eigenvalue weighted by Crippen LogP contribution is -2.38. The number of hydrogen-bond acceptors (Lipinski definition) is 5. The van der Waals surface area contributed by atoms with Crippen molar-refractivity contribution in [2.75, 3.05) is 20.2 Å². The standard InChI is InChI=1S/C16H18BrN3O3/c1-10-18-19-15(23-10)11-5-7-20(8-6-11)16(21)12-3-4-14(22-2)13(17)9-12/h3-4,9,11H,5-8H2,1-2H3. The van der Waals surface area contributed by atoms with Crippen LogP contribution in [0, 0.1) is 6.92 Å². The Morgan fingerprint density at radius 3 is 2.65 bits per heavy atom. The predicted molar refractivity (Wildman–Crippen MR) is 87.6 cm³/mol. The summed E-state index contributed by atoms with van der Waals surface area (Å²) in [6, 6.07) is 5.39. The van der Waals surface area contributed by atoms with E-state index in [2.05, 4.69) is 26.1 Å². The zero-order valence-corrected chi connectivity index (χ0v) is 14.7. The topological polar surface area (TPSA) is 68.5 Å². The Bertz CT molecular complexity index is 708. The molecular weight excluding hydrogens is 362 g/mol. The molecule has 0 radical (unpaired) electrons. The van der Waals surface area contributed by atoms with Gasteiger partial charge in [-0.25, -0.2) is 0 Å². The summed E-state index contributed by atoms with van der Waals surface area (Å²) in [5.74, 6) is 2.26. The number of aromatic nitrogens is 2. The smallest absolute Gasteiger partial charge is 0.253 e. The monoisotopic (exact) mass is 379 g/mol. The lowest BCUT2D eigenvalue weighted by atomic mass is 9.96. The number of rotatable bonds is 3. The summed E-state index contributed by atoms with van der Waals surface area (Å²) >= 11 is 3.42. The SMILES string of the molecule is COc1ccc(C(=O)N2CCC(c3nnc(C)o3)CC2)cc1Br. The molecule has 0 atom stereocenters. The van der Waals surface area contributed by atoms with Gasteiger partial charge >= 0.3 is 0 Å². The van der Waals surface area contributed by atoms with Gasteiger partial charge in [0, 0.05) is 31.5 Å². The number of halogens is 1. The highest BCUT2D eigenvalue weighted by Crippen LogP contribution is 2.29. The number of nitrogens with zero attached hydrogens (tertiary/aromatic N) is 3. The number of aryl methyl sites for hydroxylation is 1. The average Bonchev–Trinajstić information content (AvgIpc) is 3.01. The van der Waals surface area contributed by atoms with E-state index >= 15 is 0 Å². The molecule has 1 aliphatic rings. The van der Waals surface area contributed by atoms with Crippen molar-refractivity contribution in [3.63, 3.8) is 0 Å². The first kappa shape index (κ1) is 16.0. The third-order valence-corrected chi connectivity index (χ3v) is 4.69. The molecule has 0 spiro atoms. The molecule has 0 saturated carbocycles. The van der Waals surface area contributed by atoms with Crippen molar-refractivity contribution >= 4 is 21.8 Å². The molecule has 2 aromatic rings. The third kappa shape index (κ3) is 3.39. The van der Waals surface area contributed by atoms with Gasteiger partial charge in [0.1, 0.15) is 5.75 Å². The third-order valence-electron chi connectivity index (χ3n) is 4.07. The summed E-state index contributed by atoms with van der Waals surface area (Å²) < 4.78 is 11.5. The maximum atomic E-state index is 12.6. The molecule has 0 N–H and O–H groups in total. The van der Waals surface area contributed by atoms with Crippen LogP contribution in [-0.2, 0) is 0 Å². The molecule has 122 valence electrons. The first-order valence-corrected chi connectivity index (χ1v) is 8.30. The van der Waals surface area contributed by atoms with Crippen LogP contribution in [0.2, 0.25) is 0 Å². The number of piperidine rings is 1. The van der Waals surface area contributed by atoms with Crippen molar-refractivity contribution in [1.82, 2.24) is 15.1 Å². The fourth-order valence-corrected chi connectivity index (χ4v) is 3.33. The molecule has 0 aliphatic carbocycles. The van der Waals surface area contributed by atoms with Crippen molar-refractivity contribution in [1.29, 1.82) is 0 Å². The molecule has 1 fully saturated rings. The molecule has 3 rings (SSSR count). The second-order valence-corrected chi connectivity index (χ2v) is 6.43. The molecule has 1 amide bonds. The van der Waals surface area contributed by atoms with Gasteiger partial charge in [0.05, 0.1) is 11.6 Å². The van der Waals surface area contributed by atoms with E-state index in [-0.39, 0.29) is 11.8 Å². The Kier molecular flexibility index (Phi) is 4.66. The predicted octanol–water partition coefficient (Wildman–Crippen LogP) is 3.17. The second kappa shape index (κ2) is 6.70. The Morgan fingerprint density at radius 2 is 2.09 bits per heavy atom. The lowest BCUT2D eigenvalue weighted by Gasteiger charge is -2.30. The van der Waals surface area contributed by atoms with Crippen LogP contribution in [0.5, 0.6) is 5.75 Å². The highest BCUT2D eigenvalue weighted by Gasteiger charge is 2.27. The zero-order chi connectivity index (χ0) is 16.4. The van der Waals surface area contributed by atoms with E-state index < -0.39 is 0 Å². The molecule has 6 nitrogen and oxygen atoms in total.